The van der Waals surface area contributed by atoms with Gasteiger partial charge >= 0.3 is 0 Å². The molecule has 0 aromatic heterocycles. The molecule has 19 heavy (non-hydrogen) atoms. The Labute approximate surface area is 112 Å². The third kappa shape index (κ3) is 2.71. The Morgan fingerprint density at radius 2 is 2.00 bits per heavy atom. The van der Waals surface area contributed by atoms with Crippen LogP contribution in [0.15, 0.2) is 42.5 Å². The van der Waals surface area contributed by atoms with Crippen LogP contribution in [-0.4, -0.2) is 11.7 Å². The number of aromatic hydroxyl groups is 1. The van der Waals surface area contributed by atoms with Gasteiger partial charge in [0.25, 0.3) is 0 Å². The summed E-state index contributed by atoms with van der Waals surface area (Å²) >= 11 is 0. The molecule has 98 valence electrons. The van der Waals surface area contributed by atoms with E-state index in [9.17, 15) is 5.11 Å². The highest BCUT2D eigenvalue weighted by molar-refractivity contribution is 5.39. The predicted octanol–water partition coefficient (Wildman–Crippen LogP) is 2.62. The van der Waals surface area contributed by atoms with E-state index in [0.717, 1.165) is 30.9 Å². The van der Waals surface area contributed by atoms with Gasteiger partial charge in [0.05, 0.1) is 6.61 Å². The zero-order valence-corrected chi connectivity index (χ0v) is 10.7. The lowest BCUT2D eigenvalue weighted by Crippen LogP contribution is -2.12. The first kappa shape index (κ1) is 12.1. The zero-order chi connectivity index (χ0) is 13.1. The van der Waals surface area contributed by atoms with Crippen LogP contribution in [-0.2, 0) is 19.5 Å². The quantitative estimate of drug-likeness (QED) is 0.882. The molecule has 0 amide bonds. The van der Waals surface area contributed by atoms with E-state index >= 15 is 0 Å². The number of rotatable bonds is 4. The lowest BCUT2D eigenvalue weighted by atomic mass is 10.1. The van der Waals surface area contributed by atoms with E-state index in [-0.39, 0.29) is 0 Å². The Hall–Kier alpha value is -2.00. The summed E-state index contributed by atoms with van der Waals surface area (Å²) in [5.74, 6) is 1.36. The number of phenols is 1. The van der Waals surface area contributed by atoms with Crippen molar-refractivity contribution in [1.29, 1.82) is 0 Å². The lowest BCUT2D eigenvalue weighted by Gasteiger charge is -2.08. The highest BCUT2D eigenvalue weighted by atomic mass is 16.5. The van der Waals surface area contributed by atoms with Gasteiger partial charge in [0.1, 0.15) is 11.5 Å². The molecule has 0 aliphatic carbocycles. The molecule has 0 atom stereocenters. The molecule has 0 spiro atoms. The maximum atomic E-state index is 9.68. The number of hydrogen-bond acceptors (Lipinski definition) is 3. The summed E-state index contributed by atoms with van der Waals surface area (Å²) in [5.41, 5.74) is 3.47. The van der Waals surface area contributed by atoms with Crippen LogP contribution in [0.25, 0.3) is 0 Å². The lowest BCUT2D eigenvalue weighted by molar-refractivity contribution is 0.357. The van der Waals surface area contributed by atoms with E-state index in [2.05, 4.69) is 17.4 Å². The normalized spacial score (nSPS) is 13.1. The van der Waals surface area contributed by atoms with Gasteiger partial charge in [-0.25, -0.2) is 0 Å². The second kappa shape index (κ2) is 5.33. The fourth-order valence-electron chi connectivity index (χ4n) is 2.35. The molecule has 0 unspecified atom stereocenters. The van der Waals surface area contributed by atoms with Crippen molar-refractivity contribution >= 4 is 0 Å². The Bertz CT molecular complexity index is 581. The minimum atomic E-state index is 0.345. The highest BCUT2D eigenvalue weighted by Crippen LogP contribution is 2.25. The summed E-state index contributed by atoms with van der Waals surface area (Å²) < 4.78 is 5.49. The van der Waals surface area contributed by atoms with Crippen LogP contribution in [0.1, 0.15) is 16.7 Å². The van der Waals surface area contributed by atoms with Crippen LogP contribution >= 0.6 is 0 Å². The van der Waals surface area contributed by atoms with Crippen molar-refractivity contribution in [2.45, 2.75) is 19.5 Å². The molecule has 0 saturated heterocycles. The summed E-state index contributed by atoms with van der Waals surface area (Å²) in [6.07, 6.45) is 1.00. The zero-order valence-electron chi connectivity index (χ0n) is 10.7. The minimum absolute atomic E-state index is 0.345. The summed E-state index contributed by atoms with van der Waals surface area (Å²) in [4.78, 5) is 0. The monoisotopic (exact) mass is 255 g/mol. The van der Waals surface area contributed by atoms with Crippen molar-refractivity contribution in [3.05, 3.63) is 59.2 Å². The van der Waals surface area contributed by atoms with E-state index in [1.807, 2.05) is 24.3 Å². The Balaban J connectivity index is 1.59. The summed E-state index contributed by atoms with van der Waals surface area (Å²) in [7, 11) is 0. The van der Waals surface area contributed by atoms with E-state index in [0.29, 0.717) is 12.3 Å². The number of fused-ring (bicyclic) bond motifs is 1. The van der Waals surface area contributed by atoms with Crippen molar-refractivity contribution in [3.63, 3.8) is 0 Å². The van der Waals surface area contributed by atoms with Gasteiger partial charge < -0.3 is 15.2 Å². The minimum Gasteiger partial charge on any atom is -0.508 e. The molecule has 0 bridgehead atoms. The summed E-state index contributed by atoms with van der Waals surface area (Å²) in [5, 5.41) is 13.0. The number of para-hydroxylation sites is 1. The molecule has 3 rings (SSSR count). The molecule has 2 aromatic rings. The highest BCUT2D eigenvalue weighted by Gasteiger charge is 2.11. The number of hydrogen-bond donors (Lipinski definition) is 2. The van der Waals surface area contributed by atoms with Gasteiger partial charge in [-0.15, -0.1) is 0 Å². The van der Waals surface area contributed by atoms with Crippen molar-refractivity contribution in [1.82, 2.24) is 5.32 Å². The molecule has 0 radical (unpaired) electrons. The molecule has 2 aromatic carbocycles. The SMILES string of the molecule is Oc1ccccc1CNCc1ccc2c(c1)CCO2. The van der Waals surface area contributed by atoms with Crippen LogP contribution in [0, 0.1) is 0 Å². The maximum Gasteiger partial charge on any atom is 0.122 e. The van der Waals surface area contributed by atoms with Crippen molar-refractivity contribution in [2.75, 3.05) is 6.61 Å². The first-order chi connectivity index (χ1) is 9.33. The van der Waals surface area contributed by atoms with Gasteiger partial charge in [0.15, 0.2) is 0 Å². The second-order valence-electron chi connectivity index (χ2n) is 4.77. The van der Waals surface area contributed by atoms with Crippen molar-refractivity contribution in [2.24, 2.45) is 0 Å². The number of nitrogens with one attached hydrogen (secondary N) is 1. The Morgan fingerprint density at radius 1 is 1.11 bits per heavy atom. The van der Waals surface area contributed by atoms with E-state index in [1.54, 1.807) is 6.07 Å². The molecule has 3 heteroatoms. The van der Waals surface area contributed by atoms with Gasteiger partial charge in [0, 0.05) is 25.1 Å². The Morgan fingerprint density at radius 3 is 2.89 bits per heavy atom. The predicted molar refractivity (Wildman–Crippen MR) is 74.3 cm³/mol. The van der Waals surface area contributed by atoms with Crippen molar-refractivity contribution < 1.29 is 9.84 Å². The largest absolute Gasteiger partial charge is 0.508 e. The van der Waals surface area contributed by atoms with Gasteiger partial charge in [-0.05, 0) is 23.3 Å². The third-order valence-electron chi connectivity index (χ3n) is 3.39. The fraction of sp³-hybridized carbons (Fsp3) is 0.250. The number of benzene rings is 2. The van der Waals surface area contributed by atoms with E-state index in [4.69, 9.17) is 4.74 Å². The van der Waals surface area contributed by atoms with E-state index < -0.39 is 0 Å². The van der Waals surface area contributed by atoms with Crippen LogP contribution in [0.3, 0.4) is 0 Å². The average molecular weight is 255 g/mol. The third-order valence-corrected chi connectivity index (χ3v) is 3.39. The molecule has 3 nitrogen and oxygen atoms in total. The van der Waals surface area contributed by atoms with Crippen molar-refractivity contribution in [3.8, 4) is 11.5 Å². The molecular formula is C16H17NO2. The van der Waals surface area contributed by atoms with Gasteiger partial charge in [-0.3, -0.25) is 0 Å². The average Bonchev–Trinajstić information content (AvgIpc) is 2.88. The standard InChI is InChI=1S/C16H17NO2/c18-15-4-2-1-3-14(15)11-17-10-12-5-6-16-13(9-12)7-8-19-16/h1-6,9,17-18H,7-8,10-11H2. The fourth-order valence-corrected chi connectivity index (χ4v) is 2.35. The van der Waals surface area contributed by atoms with Crippen LogP contribution in [0.4, 0.5) is 0 Å². The molecular weight excluding hydrogens is 238 g/mol. The van der Waals surface area contributed by atoms with Crippen LogP contribution in [0.2, 0.25) is 0 Å². The smallest absolute Gasteiger partial charge is 0.122 e. The summed E-state index contributed by atoms with van der Waals surface area (Å²) in [6.45, 7) is 2.26. The first-order valence-electron chi connectivity index (χ1n) is 6.55. The molecule has 0 fully saturated rings. The van der Waals surface area contributed by atoms with Gasteiger partial charge in [0.2, 0.25) is 0 Å². The molecule has 2 N–H and O–H groups in total. The Kier molecular flexibility index (Phi) is 3.38. The van der Waals surface area contributed by atoms with Crippen LogP contribution < -0.4 is 10.1 Å². The van der Waals surface area contributed by atoms with Gasteiger partial charge in [-0.1, -0.05) is 30.3 Å². The molecule has 1 heterocycles. The van der Waals surface area contributed by atoms with E-state index in [1.165, 1.54) is 11.1 Å². The second-order valence-corrected chi connectivity index (χ2v) is 4.77. The molecule has 1 aliphatic rings. The molecule has 0 saturated carbocycles. The topological polar surface area (TPSA) is 41.5 Å². The first-order valence-corrected chi connectivity index (χ1v) is 6.55. The number of phenolic OH excluding ortho intramolecular Hbond substituents is 1. The maximum absolute atomic E-state index is 9.68. The summed E-state index contributed by atoms with van der Waals surface area (Å²) in [6, 6.07) is 13.7. The van der Waals surface area contributed by atoms with Crippen LogP contribution in [0.5, 0.6) is 11.5 Å². The van der Waals surface area contributed by atoms with Gasteiger partial charge in [-0.2, -0.15) is 0 Å². The number of ether oxygens (including phenoxy) is 1. The molecule has 1 aliphatic heterocycles.